The molecule has 0 bridgehead atoms. The van der Waals surface area contributed by atoms with Gasteiger partial charge in [-0.25, -0.2) is 0 Å². The molecule has 0 aromatic carbocycles. The maximum atomic E-state index is 11.6. The lowest BCUT2D eigenvalue weighted by molar-refractivity contribution is -0.270. The number of rotatable bonds is 6. The molecule has 11 nitrogen and oxygen atoms in total. The number of ether oxygens (including phenoxy) is 5. The first-order valence-corrected chi connectivity index (χ1v) is 8.08. The minimum atomic E-state index is -1.37. The predicted molar refractivity (Wildman–Crippen MR) is 85.8 cm³/mol. The van der Waals surface area contributed by atoms with Gasteiger partial charge in [-0.15, -0.1) is 0 Å². The van der Waals surface area contributed by atoms with Gasteiger partial charge in [0, 0.05) is 34.6 Å². The molecule has 0 aromatic heterocycles. The molecule has 11 heteroatoms. The highest BCUT2D eigenvalue weighted by atomic mass is 16.7. The van der Waals surface area contributed by atoms with Crippen LogP contribution in [0.3, 0.4) is 0 Å². The maximum absolute atomic E-state index is 11.6. The van der Waals surface area contributed by atoms with Crippen LogP contribution in [0.1, 0.15) is 34.6 Å². The molecule has 0 spiro atoms. The van der Waals surface area contributed by atoms with Crippen LogP contribution < -0.4 is 5.32 Å². The van der Waals surface area contributed by atoms with E-state index in [-0.39, 0.29) is 6.61 Å². The molecule has 27 heavy (non-hydrogen) atoms. The Balaban J connectivity index is 3.29. The maximum Gasteiger partial charge on any atom is 0.305 e. The van der Waals surface area contributed by atoms with Gasteiger partial charge in [-0.2, -0.15) is 0 Å². The highest BCUT2D eigenvalue weighted by molar-refractivity contribution is 5.74. The summed E-state index contributed by atoms with van der Waals surface area (Å²) in [7, 11) is 0. The highest BCUT2D eigenvalue weighted by Gasteiger charge is 2.52. The van der Waals surface area contributed by atoms with Crippen LogP contribution in [0.2, 0.25) is 0 Å². The largest absolute Gasteiger partial charge is 0.463 e. The third kappa shape index (κ3) is 7.21. The van der Waals surface area contributed by atoms with E-state index in [1.807, 2.05) is 0 Å². The van der Waals surface area contributed by atoms with Crippen LogP contribution in [-0.4, -0.2) is 67.0 Å². The van der Waals surface area contributed by atoms with Crippen LogP contribution in [-0.2, 0) is 47.7 Å². The molecule has 1 fully saturated rings. The molecule has 0 aliphatic carbocycles. The first kappa shape index (κ1) is 22.4. The van der Waals surface area contributed by atoms with Crippen LogP contribution >= 0.6 is 0 Å². The van der Waals surface area contributed by atoms with Gasteiger partial charge in [0.2, 0.25) is 12.2 Å². The van der Waals surface area contributed by atoms with Gasteiger partial charge in [0.1, 0.15) is 18.8 Å². The molecule has 1 aliphatic heterocycles. The van der Waals surface area contributed by atoms with Crippen molar-refractivity contribution in [3.63, 3.8) is 0 Å². The molecule has 1 heterocycles. The molecule has 1 saturated heterocycles. The lowest BCUT2D eigenvalue weighted by atomic mass is 9.96. The van der Waals surface area contributed by atoms with E-state index in [2.05, 4.69) is 5.32 Å². The zero-order chi connectivity index (χ0) is 20.7. The summed E-state index contributed by atoms with van der Waals surface area (Å²) >= 11 is 0. The molecular weight excluding hydrogens is 366 g/mol. The van der Waals surface area contributed by atoms with Gasteiger partial charge in [-0.1, -0.05) is 0 Å². The molecule has 152 valence electrons. The Bertz CT molecular complexity index is 604. The van der Waals surface area contributed by atoms with E-state index < -0.39 is 60.4 Å². The van der Waals surface area contributed by atoms with Crippen LogP contribution in [0.4, 0.5) is 0 Å². The van der Waals surface area contributed by atoms with Gasteiger partial charge in [0.25, 0.3) is 0 Å². The average molecular weight is 389 g/mol. The number of carbonyl (C=O) groups excluding carboxylic acids is 5. The molecule has 0 radical (unpaired) electrons. The quantitative estimate of drug-likeness (QED) is 0.453. The van der Waals surface area contributed by atoms with Crippen molar-refractivity contribution in [2.24, 2.45) is 0 Å². The van der Waals surface area contributed by atoms with E-state index in [0.29, 0.717) is 0 Å². The van der Waals surface area contributed by atoms with Gasteiger partial charge in [0.05, 0.1) is 0 Å². The lowest BCUT2D eigenvalue weighted by Crippen LogP contribution is -2.66. The Morgan fingerprint density at radius 1 is 0.778 bits per heavy atom. The van der Waals surface area contributed by atoms with Crippen molar-refractivity contribution in [1.82, 2.24) is 5.32 Å². The summed E-state index contributed by atoms with van der Waals surface area (Å²) < 4.78 is 25.9. The summed E-state index contributed by atoms with van der Waals surface area (Å²) in [5.74, 6) is -3.34. The third-order valence-corrected chi connectivity index (χ3v) is 3.35. The first-order valence-electron chi connectivity index (χ1n) is 8.08. The zero-order valence-electron chi connectivity index (χ0n) is 15.7. The fourth-order valence-corrected chi connectivity index (χ4v) is 2.55. The molecule has 1 N–H and O–H groups in total. The standard InChI is InChI=1S/C16H23NO10/c1-7(18)17-13-15(25-10(4)21)14(24-9(3)20)12(6-23-8(2)19)27-16(13)26-11(5)22/h12-16H,6H2,1-5H3,(H,17,18)/t12-,13-,14+,15-,16?/m0/s1. The average Bonchev–Trinajstić information content (AvgIpc) is 2.49. The topological polar surface area (TPSA) is 144 Å². The number of hydrogen-bond donors (Lipinski definition) is 1. The predicted octanol–water partition coefficient (Wildman–Crippen LogP) is -0.794. The van der Waals surface area contributed by atoms with E-state index in [1.54, 1.807) is 0 Å². The number of hydrogen-bond acceptors (Lipinski definition) is 10. The minimum Gasteiger partial charge on any atom is -0.463 e. The highest BCUT2D eigenvalue weighted by Crippen LogP contribution is 2.28. The van der Waals surface area contributed by atoms with Crippen molar-refractivity contribution in [2.45, 2.75) is 65.3 Å². The number of amides is 1. The molecule has 1 amide bonds. The number of carbonyl (C=O) groups is 5. The minimum absolute atomic E-state index is 0.365. The van der Waals surface area contributed by atoms with Crippen molar-refractivity contribution in [2.75, 3.05) is 6.61 Å². The van der Waals surface area contributed by atoms with E-state index >= 15 is 0 Å². The van der Waals surface area contributed by atoms with Gasteiger partial charge < -0.3 is 29.0 Å². The van der Waals surface area contributed by atoms with E-state index in [1.165, 1.54) is 6.92 Å². The Kier molecular flexibility index (Phi) is 8.16. The normalized spacial score (nSPS) is 27.1. The van der Waals surface area contributed by atoms with E-state index in [0.717, 1.165) is 27.7 Å². The second kappa shape index (κ2) is 9.86. The van der Waals surface area contributed by atoms with Crippen LogP contribution in [0.5, 0.6) is 0 Å². The second-order valence-electron chi connectivity index (χ2n) is 5.83. The van der Waals surface area contributed by atoms with Gasteiger partial charge in [-0.3, -0.25) is 24.0 Å². The van der Waals surface area contributed by atoms with Crippen molar-refractivity contribution in [3.05, 3.63) is 0 Å². The van der Waals surface area contributed by atoms with E-state index in [4.69, 9.17) is 23.7 Å². The fraction of sp³-hybridized carbons (Fsp3) is 0.688. The summed E-state index contributed by atoms with van der Waals surface area (Å²) in [6.07, 6.45) is -4.97. The second-order valence-corrected chi connectivity index (χ2v) is 5.83. The molecule has 0 saturated carbocycles. The van der Waals surface area contributed by atoms with Crippen molar-refractivity contribution >= 4 is 29.8 Å². The zero-order valence-corrected chi connectivity index (χ0v) is 15.7. The summed E-state index contributed by atoms with van der Waals surface area (Å²) in [5, 5.41) is 2.46. The molecular formula is C16H23NO10. The summed E-state index contributed by atoms with van der Waals surface area (Å²) in [6.45, 7) is 5.36. The van der Waals surface area contributed by atoms with Crippen LogP contribution in [0, 0.1) is 0 Å². The van der Waals surface area contributed by atoms with Gasteiger partial charge >= 0.3 is 23.9 Å². The molecule has 1 aliphatic rings. The first-order chi connectivity index (χ1) is 12.5. The fourth-order valence-electron chi connectivity index (χ4n) is 2.55. The monoisotopic (exact) mass is 389 g/mol. The van der Waals surface area contributed by atoms with Crippen LogP contribution in [0.25, 0.3) is 0 Å². The lowest BCUT2D eigenvalue weighted by Gasteiger charge is -2.44. The number of esters is 4. The van der Waals surface area contributed by atoms with Crippen molar-refractivity contribution < 1.29 is 47.7 Å². The molecule has 1 unspecified atom stereocenters. The van der Waals surface area contributed by atoms with Gasteiger partial charge in [-0.05, 0) is 0 Å². The summed E-state index contributed by atoms with van der Waals surface area (Å²) in [4.78, 5) is 57.2. The Morgan fingerprint density at radius 2 is 1.30 bits per heavy atom. The smallest absolute Gasteiger partial charge is 0.305 e. The van der Waals surface area contributed by atoms with Crippen LogP contribution in [0.15, 0.2) is 0 Å². The molecule has 5 atom stereocenters. The Hall–Kier alpha value is -2.69. The van der Waals surface area contributed by atoms with E-state index in [9.17, 15) is 24.0 Å². The summed E-state index contributed by atoms with van der Waals surface area (Å²) in [5.41, 5.74) is 0. The molecule has 0 aromatic rings. The Labute approximate surface area is 155 Å². The third-order valence-electron chi connectivity index (χ3n) is 3.35. The molecule has 1 rings (SSSR count). The SMILES string of the molecule is CC(=O)N[C@@H]1C(OC(C)=O)O[C@@H](COC(C)=O)[C@@H](OC(C)=O)[C@H]1OC(C)=O. The van der Waals surface area contributed by atoms with Crippen molar-refractivity contribution in [3.8, 4) is 0 Å². The summed E-state index contributed by atoms with van der Waals surface area (Å²) in [6, 6.07) is -1.16. The number of nitrogens with one attached hydrogen (secondary N) is 1. The van der Waals surface area contributed by atoms with Gasteiger partial charge in [0.15, 0.2) is 12.2 Å². The van der Waals surface area contributed by atoms with Crippen molar-refractivity contribution in [1.29, 1.82) is 0 Å². The Morgan fingerprint density at radius 3 is 1.74 bits per heavy atom.